The Hall–Kier alpha value is -3.35. The van der Waals surface area contributed by atoms with Crippen molar-refractivity contribution in [2.24, 2.45) is 0 Å². The number of carbonyl (C=O) groups is 1. The molecular formula is C22H23N3O4. The van der Waals surface area contributed by atoms with Gasteiger partial charge >= 0.3 is 11.8 Å². The third kappa shape index (κ3) is 4.08. The number of ether oxygens (including phenoxy) is 2. The van der Waals surface area contributed by atoms with E-state index in [1.807, 2.05) is 30.3 Å². The van der Waals surface area contributed by atoms with E-state index in [0.29, 0.717) is 36.9 Å². The lowest BCUT2D eigenvalue weighted by Crippen LogP contribution is -2.36. The van der Waals surface area contributed by atoms with Gasteiger partial charge < -0.3 is 18.8 Å². The van der Waals surface area contributed by atoms with Crippen molar-refractivity contribution in [2.75, 3.05) is 20.8 Å². The zero-order valence-electron chi connectivity index (χ0n) is 16.6. The number of rotatable bonds is 6. The maximum atomic E-state index is 12.8. The molecule has 4 rings (SSSR count). The number of benzene rings is 2. The summed E-state index contributed by atoms with van der Waals surface area (Å²) in [5.41, 5.74) is 3.38. The van der Waals surface area contributed by atoms with Gasteiger partial charge in [0.1, 0.15) is 0 Å². The van der Waals surface area contributed by atoms with Crippen LogP contribution in [0.1, 0.15) is 33.3 Å². The number of aromatic nitrogens is 2. The van der Waals surface area contributed by atoms with Gasteiger partial charge in [0.05, 0.1) is 14.2 Å². The largest absolute Gasteiger partial charge is 0.493 e. The van der Waals surface area contributed by atoms with Gasteiger partial charge in [0.25, 0.3) is 0 Å². The highest BCUT2D eigenvalue weighted by molar-refractivity contribution is 5.89. The van der Waals surface area contributed by atoms with Crippen LogP contribution in [0.2, 0.25) is 0 Å². The molecule has 7 heteroatoms. The summed E-state index contributed by atoms with van der Waals surface area (Å²) in [6.45, 7) is 1.05. The lowest BCUT2D eigenvalue weighted by atomic mass is 9.98. The quantitative estimate of drug-likeness (QED) is 0.641. The molecule has 7 nitrogen and oxygen atoms in total. The van der Waals surface area contributed by atoms with Crippen LogP contribution >= 0.6 is 0 Å². The van der Waals surface area contributed by atoms with E-state index in [4.69, 9.17) is 13.9 Å². The fourth-order valence-electron chi connectivity index (χ4n) is 3.53. The minimum absolute atomic E-state index is 0.0389. The molecule has 0 fully saturated rings. The van der Waals surface area contributed by atoms with E-state index in [0.717, 1.165) is 24.0 Å². The van der Waals surface area contributed by atoms with E-state index in [1.54, 1.807) is 19.1 Å². The maximum absolute atomic E-state index is 12.8. The first kappa shape index (κ1) is 19.0. The molecule has 2 aromatic carbocycles. The summed E-state index contributed by atoms with van der Waals surface area (Å²) >= 11 is 0. The Morgan fingerprint density at radius 2 is 1.76 bits per heavy atom. The molecule has 0 atom stereocenters. The summed E-state index contributed by atoms with van der Waals surface area (Å²) in [6.07, 6.45) is 2.12. The molecule has 3 aromatic rings. The van der Waals surface area contributed by atoms with Gasteiger partial charge in [-0.1, -0.05) is 30.3 Å². The van der Waals surface area contributed by atoms with Crippen LogP contribution in [0.4, 0.5) is 0 Å². The van der Waals surface area contributed by atoms with E-state index < -0.39 is 0 Å². The van der Waals surface area contributed by atoms with Gasteiger partial charge in [-0.3, -0.25) is 4.79 Å². The van der Waals surface area contributed by atoms with E-state index in [9.17, 15) is 4.79 Å². The fourth-order valence-corrected chi connectivity index (χ4v) is 3.53. The number of aryl methyl sites for hydroxylation is 2. The lowest BCUT2D eigenvalue weighted by Gasteiger charge is -2.28. The minimum atomic E-state index is -0.246. The molecule has 150 valence electrons. The van der Waals surface area contributed by atoms with Crippen molar-refractivity contribution >= 4 is 5.91 Å². The molecule has 29 heavy (non-hydrogen) atoms. The van der Waals surface area contributed by atoms with E-state index in [2.05, 4.69) is 22.3 Å². The first-order valence-corrected chi connectivity index (χ1v) is 9.57. The third-order valence-electron chi connectivity index (χ3n) is 5.13. The van der Waals surface area contributed by atoms with E-state index >= 15 is 0 Å². The summed E-state index contributed by atoms with van der Waals surface area (Å²) in [4.78, 5) is 14.6. The standard InChI is InChI=1S/C22H23N3O4/c1-27-18-12-16-10-11-25(14-17(16)13-19(18)28-2)22(26)21-24-23-20(29-21)9-8-15-6-4-3-5-7-15/h3-7,12-13H,8-11,14H2,1-2H3. The van der Waals surface area contributed by atoms with Gasteiger partial charge in [0.15, 0.2) is 11.5 Å². The molecule has 0 saturated heterocycles. The molecule has 2 heterocycles. The Labute approximate surface area is 169 Å². The van der Waals surface area contributed by atoms with Gasteiger partial charge in [0, 0.05) is 19.5 Å². The summed E-state index contributed by atoms with van der Waals surface area (Å²) < 4.78 is 16.4. The van der Waals surface area contributed by atoms with Gasteiger partial charge in [0.2, 0.25) is 5.89 Å². The lowest BCUT2D eigenvalue weighted by molar-refractivity contribution is 0.0692. The number of hydrogen-bond acceptors (Lipinski definition) is 6. The Bertz CT molecular complexity index is 1000. The van der Waals surface area contributed by atoms with Gasteiger partial charge in [-0.05, 0) is 41.7 Å². The van der Waals surface area contributed by atoms with Crippen molar-refractivity contribution in [3.63, 3.8) is 0 Å². The Morgan fingerprint density at radius 1 is 1.03 bits per heavy atom. The molecule has 1 aliphatic heterocycles. The van der Waals surface area contributed by atoms with Crippen LogP contribution in [-0.4, -0.2) is 41.8 Å². The second-order valence-electron chi connectivity index (χ2n) is 6.94. The van der Waals surface area contributed by atoms with Crippen molar-refractivity contribution in [3.05, 3.63) is 70.9 Å². The Kier molecular flexibility index (Phi) is 5.46. The maximum Gasteiger partial charge on any atom is 0.311 e. The summed E-state index contributed by atoms with van der Waals surface area (Å²) in [5.74, 6) is 1.62. The molecular weight excluding hydrogens is 370 g/mol. The average molecular weight is 393 g/mol. The number of fused-ring (bicyclic) bond motifs is 1. The van der Waals surface area contributed by atoms with Crippen LogP contribution in [0.3, 0.4) is 0 Å². The highest BCUT2D eigenvalue weighted by Crippen LogP contribution is 2.33. The summed E-state index contributed by atoms with van der Waals surface area (Å²) in [5, 5.41) is 8.01. The Morgan fingerprint density at radius 3 is 2.48 bits per heavy atom. The molecule has 0 saturated carbocycles. The van der Waals surface area contributed by atoms with Gasteiger partial charge in [-0.2, -0.15) is 0 Å². The van der Waals surface area contributed by atoms with E-state index in [1.165, 1.54) is 5.56 Å². The molecule has 0 bridgehead atoms. The highest BCUT2D eigenvalue weighted by Gasteiger charge is 2.27. The summed E-state index contributed by atoms with van der Waals surface area (Å²) in [6, 6.07) is 14.0. The molecule has 0 radical (unpaired) electrons. The van der Waals surface area contributed by atoms with Crippen molar-refractivity contribution < 1.29 is 18.7 Å². The number of hydrogen-bond donors (Lipinski definition) is 0. The number of amides is 1. The second kappa shape index (κ2) is 8.34. The highest BCUT2D eigenvalue weighted by atomic mass is 16.5. The van der Waals surface area contributed by atoms with E-state index in [-0.39, 0.29) is 11.8 Å². The number of nitrogens with zero attached hydrogens (tertiary/aromatic N) is 3. The van der Waals surface area contributed by atoms with Crippen LogP contribution in [0.25, 0.3) is 0 Å². The fraction of sp³-hybridized carbons (Fsp3) is 0.318. The number of methoxy groups -OCH3 is 2. The second-order valence-corrected chi connectivity index (χ2v) is 6.94. The van der Waals surface area contributed by atoms with Crippen LogP contribution in [0, 0.1) is 0 Å². The third-order valence-corrected chi connectivity index (χ3v) is 5.13. The molecule has 1 aromatic heterocycles. The first-order valence-electron chi connectivity index (χ1n) is 9.57. The van der Waals surface area contributed by atoms with Crippen molar-refractivity contribution in [2.45, 2.75) is 25.8 Å². The zero-order chi connectivity index (χ0) is 20.2. The monoisotopic (exact) mass is 393 g/mol. The molecule has 1 aliphatic rings. The molecule has 0 aliphatic carbocycles. The van der Waals surface area contributed by atoms with Crippen molar-refractivity contribution in [1.29, 1.82) is 0 Å². The van der Waals surface area contributed by atoms with Crippen LogP contribution in [-0.2, 0) is 25.8 Å². The minimum Gasteiger partial charge on any atom is -0.493 e. The molecule has 1 amide bonds. The molecule has 0 N–H and O–H groups in total. The summed E-state index contributed by atoms with van der Waals surface area (Å²) in [7, 11) is 3.22. The van der Waals surface area contributed by atoms with Crippen LogP contribution in [0.15, 0.2) is 46.9 Å². The molecule has 0 unspecified atom stereocenters. The SMILES string of the molecule is COc1cc2c(cc1OC)CN(C(=O)c1nnc(CCc3ccccc3)o1)CC2. The predicted molar refractivity (Wildman–Crippen MR) is 106 cm³/mol. The van der Waals surface area contributed by atoms with Crippen LogP contribution < -0.4 is 9.47 Å². The van der Waals surface area contributed by atoms with Gasteiger partial charge in [-0.25, -0.2) is 0 Å². The van der Waals surface area contributed by atoms with Crippen molar-refractivity contribution in [1.82, 2.24) is 15.1 Å². The van der Waals surface area contributed by atoms with Crippen LogP contribution in [0.5, 0.6) is 11.5 Å². The Balaban J connectivity index is 1.43. The predicted octanol–water partition coefficient (Wildman–Crippen LogP) is 3.07. The molecule has 0 spiro atoms. The average Bonchev–Trinajstić information content (AvgIpc) is 3.25. The topological polar surface area (TPSA) is 77.7 Å². The zero-order valence-corrected chi connectivity index (χ0v) is 16.6. The van der Waals surface area contributed by atoms with Crippen molar-refractivity contribution in [3.8, 4) is 11.5 Å². The normalized spacial score (nSPS) is 13.1. The number of carbonyl (C=O) groups excluding carboxylic acids is 1. The smallest absolute Gasteiger partial charge is 0.311 e. The first-order chi connectivity index (χ1) is 14.2. The van der Waals surface area contributed by atoms with Gasteiger partial charge in [-0.15, -0.1) is 10.2 Å².